The van der Waals surface area contributed by atoms with Crippen molar-refractivity contribution in [3.8, 4) is 34.3 Å². The molecule has 0 N–H and O–H groups in total. The van der Waals surface area contributed by atoms with Gasteiger partial charge in [0.2, 0.25) is 5.82 Å². The zero-order valence-corrected chi connectivity index (χ0v) is 16.9. The number of pyridine rings is 1. The monoisotopic (exact) mass is 414 g/mol. The lowest BCUT2D eigenvalue weighted by molar-refractivity contribution is 0.311. The fraction of sp³-hybridized carbons (Fsp3) is 0.130. The van der Waals surface area contributed by atoms with Crippen molar-refractivity contribution in [1.29, 1.82) is 0 Å². The summed E-state index contributed by atoms with van der Waals surface area (Å²) < 4.78 is 18.0. The van der Waals surface area contributed by atoms with E-state index in [0.717, 1.165) is 0 Å². The smallest absolute Gasteiger partial charge is 0.265 e. The Morgan fingerprint density at radius 3 is 2.74 bits per heavy atom. The van der Waals surface area contributed by atoms with E-state index >= 15 is 0 Å². The molecule has 0 unspecified atom stereocenters. The lowest BCUT2D eigenvalue weighted by atomic mass is 10.2. The Labute approximate surface area is 176 Å². The molecule has 31 heavy (non-hydrogen) atoms. The molecule has 5 aromatic rings. The Balaban J connectivity index is 1.63. The fourth-order valence-corrected chi connectivity index (χ4v) is 3.47. The van der Waals surface area contributed by atoms with Crippen LogP contribution in [0.5, 0.6) is 11.5 Å². The van der Waals surface area contributed by atoms with Crippen molar-refractivity contribution in [2.24, 2.45) is 0 Å². The van der Waals surface area contributed by atoms with E-state index in [2.05, 4.69) is 15.1 Å². The molecular weight excluding hydrogens is 396 g/mol. The molecule has 0 atom stereocenters. The molecule has 3 aromatic heterocycles. The van der Waals surface area contributed by atoms with E-state index in [4.69, 9.17) is 14.0 Å². The van der Waals surface area contributed by atoms with Crippen molar-refractivity contribution in [3.63, 3.8) is 0 Å². The molecule has 2 aromatic carbocycles. The summed E-state index contributed by atoms with van der Waals surface area (Å²) in [5.74, 6) is 1.88. The molecule has 0 amide bonds. The van der Waals surface area contributed by atoms with Crippen LogP contribution in [0.1, 0.15) is 6.92 Å². The molecule has 0 spiro atoms. The maximum absolute atomic E-state index is 12.9. The largest absolute Gasteiger partial charge is 0.493 e. The second-order valence-electron chi connectivity index (χ2n) is 6.77. The van der Waals surface area contributed by atoms with Crippen molar-refractivity contribution < 1.29 is 14.0 Å². The summed E-state index contributed by atoms with van der Waals surface area (Å²) >= 11 is 0. The summed E-state index contributed by atoms with van der Waals surface area (Å²) in [6.45, 7) is 2.44. The van der Waals surface area contributed by atoms with Crippen LogP contribution < -0.4 is 15.0 Å². The van der Waals surface area contributed by atoms with Gasteiger partial charge in [-0.25, -0.2) is 4.98 Å². The molecule has 0 aliphatic heterocycles. The van der Waals surface area contributed by atoms with E-state index in [1.165, 1.54) is 4.40 Å². The third-order valence-electron chi connectivity index (χ3n) is 4.92. The van der Waals surface area contributed by atoms with Crippen LogP contribution in [0.4, 0.5) is 0 Å². The Bertz CT molecular complexity index is 1470. The van der Waals surface area contributed by atoms with Crippen LogP contribution in [0.3, 0.4) is 0 Å². The van der Waals surface area contributed by atoms with Crippen LogP contribution in [0.2, 0.25) is 0 Å². The van der Waals surface area contributed by atoms with E-state index in [1.807, 2.05) is 25.1 Å². The van der Waals surface area contributed by atoms with Gasteiger partial charge in [-0.2, -0.15) is 4.98 Å². The van der Waals surface area contributed by atoms with Gasteiger partial charge in [0, 0.05) is 11.8 Å². The van der Waals surface area contributed by atoms with Gasteiger partial charge < -0.3 is 14.0 Å². The lowest BCUT2D eigenvalue weighted by Crippen LogP contribution is -2.15. The van der Waals surface area contributed by atoms with Crippen molar-refractivity contribution in [2.45, 2.75) is 6.92 Å². The molecule has 8 heteroatoms. The summed E-state index contributed by atoms with van der Waals surface area (Å²) in [5.41, 5.74) is 2.19. The second kappa shape index (κ2) is 7.56. The SMILES string of the molecule is CCOc1ccc(-c2noc(-c3cccn4c(=O)c5ccccc5nc34)n2)cc1OC. The average Bonchev–Trinajstić information content (AvgIpc) is 3.29. The van der Waals surface area contributed by atoms with Gasteiger partial charge in [-0.3, -0.25) is 9.20 Å². The van der Waals surface area contributed by atoms with Gasteiger partial charge in [-0.1, -0.05) is 17.3 Å². The van der Waals surface area contributed by atoms with Crippen LogP contribution in [0.15, 0.2) is 70.1 Å². The van der Waals surface area contributed by atoms with Gasteiger partial charge in [0.15, 0.2) is 17.1 Å². The number of para-hydroxylation sites is 1. The Morgan fingerprint density at radius 1 is 1.03 bits per heavy atom. The molecule has 0 aliphatic carbocycles. The Kier molecular flexibility index (Phi) is 4.59. The first-order valence-electron chi connectivity index (χ1n) is 9.75. The van der Waals surface area contributed by atoms with Crippen molar-refractivity contribution in [1.82, 2.24) is 19.5 Å². The number of hydrogen-bond donors (Lipinski definition) is 0. The van der Waals surface area contributed by atoms with Crippen molar-refractivity contribution >= 4 is 16.6 Å². The first kappa shape index (κ1) is 18.8. The number of aromatic nitrogens is 4. The van der Waals surface area contributed by atoms with Crippen molar-refractivity contribution in [3.05, 3.63) is 71.1 Å². The number of fused-ring (bicyclic) bond motifs is 2. The highest BCUT2D eigenvalue weighted by Crippen LogP contribution is 2.32. The zero-order valence-electron chi connectivity index (χ0n) is 16.9. The number of ether oxygens (including phenoxy) is 2. The van der Waals surface area contributed by atoms with E-state index < -0.39 is 0 Å². The molecule has 0 saturated carbocycles. The topological polar surface area (TPSA) is 91.8 Å². The van der Waals surface area contributed by atoms with Gasteiger partial charge in [0.1, 0.15) is 0 Å². The fourth-order valence-electron chi connectivity index (χ4n) is 3.47. The first-order valence-corrected chi connectivity index (χ1v) is 9.75. The highest BCUT2D eigenvalue weighted by molar-refractivity contribution is 5.83. The minimum Gasteiger partial charge on any atom is -0.493 e. The van der Waals surface area contributed by atoms with Gasteiger partial charge in [0.05, 0.1) is 30.2 Å². The molecule has 3 heterocycles. The number of hydrogen-bond acceptors (Lipinski definition) is 7. The molecular formula is C23H18N4O4. The van der Waals surface area contributed by atoms with Gasteiger partial charge in [-0.15, -0.1) is 0 Å². The standard InChI is InChI=1S/C23H18N4O4/c1-3-30-18-11-10-14(13-19(18)29-2)20-25-22(31-26-20)16-8-6-12-27-21(16)24-17-9-5-4-7-15(17)23(27)28/h4-13H,3H2,1-2H3. The predicted octanol–water partition coefficient (Wildman–Crippen LogP) is 3.97. The molecule has 0 bridgehead atoms. The highest BCUT2D eigenvalue weighted by Gasteiger charge is 2.17. The summed E-state index contributed by atoms with van der Waals surface area (Å²) in [5, 5.41) is 4.65. The second-order valence-corrected chi connectivity index (χ2v) is 6.77. The first-order chi connectivity index (χ1) is 15.2. The zero-order chi connectivity index (χ0) is 21.4. The van der Waals surface area contributed by atoms with Crippen molar-refractivity contribution in [2.75, 3.05) is 13.7 Å². The Morgan fingerprint density at radius 2 is 1.90 bits per heavy atom. The maximum atomic E-state index is 12.9. The summed E-state index contributed by atoms with van der Waals surface area (Å²) in [7, 11) is 1.58. The third-order valence-corrected chi connectivity index (χ3v) is 4.92. The van der Waals surface area contributed by atoms with E-state index in [1.54, 1.807) is 49.7 Å². The summed E-state index contributed by atoms with van der Waals surface area (Å²) in [6.07, 6.45) is 1.68. The van der Waals surface area contributed by atoms with Crippen LogP contribution in [0.25, 0.3) is 39.4 Å². The number of rotatable bonds is 5. The molecule has 5 rings (SSSR count). The van der Waals surface area contributed by atoms with Crippen LogP contribution >= 0.6 is 0 Å². The van der Waals surface area contributed by atoms with Gasteiger partial charge in [-0.05, 0) is 49.4 Å². The normalized spacial score (nSPS) is 11.2. The van der Waals surface area contributed by atoms with Crippen LogP contribution in [-0.4, -0.2) is 33.2 Å². The van der Waals surface area contributed by atoms with Gasteiger partial charge >= 0.3 is 0 Å². The maximum Gasteiger partial charge on any atom is 0.265 e. The van der Waals surface area contributed by atoms with Crippen LogP contribution in [0, 0.1) is 0 Å². The Hall–Kier alpha value is -4.20. The molecule has 0 fully saturated rings. The number of methoxy groups -OCH3 is 1. The summed E-state index contributed by atoms with van der Waals surface area (Å²) in [6, 6.07) is 16.2. The third kappa shape index (κ3) is 3.18. The van der Waals surface area contributed by atoms with E-state index in [0.29, 0.717) is 51.6 Å². The molecule has 154 valence electrons. The minimum absolute atomic E-state index is 0.154. The molecule has 0 radical (unpaired) electrons. The molecule has 0 saturated heterocycles. The highest BCUT2D eigenvalue weighted by atomic mass is 16.5. The quantitative estimate of drug-likeness (QED) is 0.402. The summed E-state index contributed by atoms with van der Waals surface area (Å²) in [4.78, 5) is 22.1. The lowest BCUT2D eigenvalue weighted by Gasteiger charge is -2.09. The molecule has 0 aliphatic rings. The average molecular weight is 414 g/mol. The number of nitrogens with zero attached hydrogens (tertiary/aromatic N) is 4. The predicted molar refractivity (Wildman–Crippen MR) is 115 cm³/mol. The molecule has 8 nitrogen and oxygen atoms in total. The number of benzene rings is 2. The van der Waals surface area contributed by atoms with E-state index in [9.17, 15) is 4.79 Å². The van der Waals surface area contributed by atoms with Gasteiger partial charge in [0.25, 0.3) is 11.4 Å². The minimum atomic E-state index is -0.154. The van der Waals surface area contributed by atoms with Crippen LogP contribution in [-0.2, 0) is 0 Å². The van der Waals surface area contributed by atoms with E-state index in [-0.39, 0.29) is 11.4 Å².